The van der Waals surface area contributed by atoms with Crippen molar-refractivity contribution in [3.8, 4) is 0 Å². The standard InChI is InChI=1S/C14H17F3N4O3/c1-19(9-13(22)20-6-4-18-5-7-20)11-3-2-10(14(15,16)17)8-12(11)21(23)24/h2-3,8,18H,4-7,9H2,1H3. The highest BCUT2D eigenvalue weighted by Crippen LogP contribution is 2.36. The van der Waals surface area contributed by atoms with Crippen molar-refractivity contribution in [3.63, 3.8) is 0 Å². The fourth-order valence-corrected chi connectivity index (χ4v) is 2.47. The zero-order valence-electron chi connectivity index (χ0n) is 13.0. The van der Waals surface area contributed by atoms with E-state index in [2.05, 4.69) is 5.32 Å². The zero-order chi connectivity index (χ0) is 17.9. The Morgan fingerprint density at radius 2 is 2.00 bits per heavy atom. The highest BCUT2D eigenvalue weighted by Gasteiger charge is 2.33. The molecule has 24 heavy (non-hydrogen) atoms. The Hall–Kier alpha value is -2.36. The van der Waals surface area contributed by atoms with Crippen LogP contribution >= 0.6 is 0 Å². The number of piperazine rings is 1. The molecular weight excluding hydrogens is 329 g/mol. The molecule has 1 heterocycles. The molecule has 1 aliphatic rings. The number of nitro groups is 1. The predicted octanol–water partition coefficient (Wildman–Crippen LogP) is 1.48. The fraction of sp³-hybridized carbons (Fsp3) is 0.500. The molecule has 1 aromatic carbocycles. The van der Waals surface area contributed by atoms with E-state index in [1.165, 1.54) is 11.9 Å². The van der Waals surface area contributed by atoms with E-state index in [0.717, 1.165) is 12.1 Å². The van der Waals surface area contributed by atoms with Crippen LogP contribution in [0.1, 0.15) is 5.56 Å². The Kier molecular flexibility index (Phi) is 5.27. The lowest BCUT2D eigenvalue weighted by atomic mass is 10.1. The minimum Gasteiger partial charge on any atom is -0.360 e. The van der Waals surface area contributed by atoms with Gasteiger partial charge in [-0.3, -0.25) is 14.9 Å². The third kappa shape index (κ3) is 4.13. The Bertz CT molecular complexity index is 630. The van der Waals surface area contributed by atoms with Crippen molar-refractivity contribution >= 4 is 17.3 Å². The van der Waals surface area contributed by atoms with Crippen LogP contribution in [0.5, 0.6) is 0 Å². The predicted molar refractivity (Wildman–Crippen MR) is 80.8 cm³/mol. The van der Waals surface area contributed by atoms with E-state index in [4.69, 9.17) is 0 Å². The van der Waals surface area contributed by atoms with Crippen LogP contribution in [0.3, 0.4) is 0 Å². The average Bonchev–Trinajstić information content (AvgIpc) is 2.54. The SMILES string of the molecule is CN(CC(=O)N1CCNCC1)c1ccc(C(F)(F)F)cc1[N+](=O)[O-]. The largest absolute Gasteiger partial charge is 0.416 e. The van der Waals surface area contributed by atoms with Gasteiger partial charge in [-0.25, -0.2) is 0 Å². The first-order valence-electron chi connectivity index (χ1n) is 7.25. The number of halogens is 3. The highest BCUT2D eigenvalue weighted by atomic mass is 19.4. The number of alkyl halides is 3. The van der Waals surface area contributed by atoms with E-state index in [-0.39, 0.29) is 18.1 Å². The first kappa shape index (κ1) is 18.0. The number of carbonyl (C=O) groups excluding carboxylic acids is 1. The maximum Gasteiger partial charge on any atom is 0.416 e. The summed E-state index contributed by atoms with van der Waals surface area (Å²) in [5.41, 5.74) is -1.81. The molecule has 0 spiro atoms. The van der Waals surface area contributed by atoms with E-state index < -0.39 is 22.4 Å². The van der Waals surface area contributed by atoms with Gasteiger partial charge in [0.2, 0.25) is 5.91 Å². The van der Waals surface area contributed by atoms with Gasteiger partial charge in [0.15, 0.2) is 0 Å². The second kappa shape index (κ2) is 7.04. The molecule has 1 N–H and O–H groups in total. The van der Waals surface area contributed by atoms with E-state index in [1.54, 1.807) is 4.90 Å². The summed E-state index contributed by atoms with van der Waals surface area (Å²) in [4.78, 5) is 25.3. The van der Waals surface area contributed by atoms with Crippen molar-refractivity contribution in [2.75, 3.05) is 44.7 Å². The third-order valence-corrected chi connectivity index (χ3v) is 3.75. The van der Waals surface area contributed by atoms with Crippen LogP contribution in [0.2, 0.25) is 0 Å². The van der Waals surface area contributed by atoms with Crippen molar-refractivity contribution < 1.29 is 22.9 Å². The van der Waals surface area contributed by atoms with Crippen molar-refractivity contribution in [1.82, 2.24) is 10.2 Å². The summed E-state index contributed by atoms with van der Waals surface area (Å²) in [6.07, 6.45) is -4.67. The van der Waals surface area contributed by atoms with Gasteiger partial charge in [0.1, 0.15) is 5.69 Å². The minimum atomic E-state index is -4.67. The molecule has 1 saturated heterocycles. The molecule has 1 amide bonds. The Balaban J connectivity index is 2.20. The summed E-state index contributed by atoms with van der Waals surface area (Å²) in [6, 6.07) is 2.28. The number of rotatable bonds is 4. The molecule has 7 nitrogen and oxygen atoms in total. The number of likely N-dealkylation sites (N-methyl/N-ethyl adjacent to an activating group) is 1. The first-order valence-corrected chi connectivity index (χ1v) is 7.25. The van der Waals surface area contributed by atoms with E-state index in [9.17, 15) is 28.1 Å². The lowest BCUT2D eigenvalue weighted by Crippen LogP contribution is -2.49. The molecule has 0 atom stereocenters. The van der Waals surface area contributed by atoms with E-state index in [0.29, 0.717) is 32.2 Å². The maximum absolute atomic E-state index is 12.7. The van der Waals surface area contributed by atoms with E-state index in [1.807, 2.05) is 0 Å². The van der Waals surface area contributed by atoms with Crippen LogP contribution in [0.4, 0.5) is 24.5 Å². The lowest BCUT2D eigenvalue weighted by molar-refractivity contribution is -0.384. The van der Waals surface area contributed by atoms with Gasteiger partial charge >= 0.3 is 6.18 Å². The van der Waals surface area contributed by atoms with Crippen LogP contribution in [-0.2, 0) is 11.0 Å². The van der Waals surface area contributed by atoms with Crippen LogP contribution in [0, 0.1) is 10.1 Å². The maximum atomic E-state index is 12.7. The van der Waals surface area contributed by atoms with Gasteiger partial charge in [-0.1, -0.05) is 0 Å². The number of carbonyl (C=O) groups is 1. The summed E-state index contributed by atoms with van der Waals surface area (Å²) >= 11 is 0. The first-order chi connectivity index (χ1) is 11.2. The molecule has 0 saturated carbocycles. The summed E-state index contributed by atoms with van der Waals surface area (Å²) < 4.78 is 38.1. The summed E-state index contributed by atoms with van der Waals surface area (Å²) in [6.45, 7) is 2.24. The molecule has 0 bridgehead atoms. The monoisotopic (exact) mass is 346 g/mol. The molecule has 1 aliphatic heterocycles. The van der Waals surface area contributed by atoms with Crippen molar-refractivity contribution in [3.05, 3.63) is 33.9 Å². The van der Waals surface area contributed by atoms with Gasteiger partial charge < -0.3 is 15.1 Å². The quantitative estimate of drug-likeness (QED) is 0.660. The van der Waals surface area contributed by atoms with Crippen molar-refractivity contribution in [1.29, 1.82) is 0 Å². The molecule has 132 valence electrons. The number of hydrogen-bond donors (Lipinski definition) is 1. The fourth-order valence-electron chi connectivity index (χ4n) is 2.47. The molecular formula is C14H17F3N4O3. The Morgan fingerprint density at radius 1 is 1.38 bits per heavy atom. The molecule has 0 aromatic heterocycles. The molecule has 0 aliphatic carbocycles. The summed E-state index contributed by atoms with van der Waals surface area (Å²) in [5.74, 6) is -0.229. The van der Waals surface area contributed by atoms with Gasteiger partial charge in [-0.15, -0.1) is 0 Å². The number of anilines is 1. The number of benzene rings is 1. The topological polar surface area (TPSA) is 78.7 Å². The van der Waals surface area contributed by atoms with Gasteiger partial charge in [-0.2, -0.15) is 13.2 Å². The van der Waals surface area contributed by atoms with Gasteiger partial charge in [0, 0.05) is 39.3 Å². The smallest absolute Gasteiger partial charge is 0.360 e. The molecule has 0 radical (unpaired) electrons. The molecule has 2 rings (SSSR count). The average molecular weight is 346 g/mol. The normalized spacial score (nSPS) is 15.2. The van der Waals surface area contributed by atoms with Crippen molar-refractivity contribution in [2.24, 2.45) is 0 Å². The van der Waals surface area contributed by atoms with Gasteiger partial charge in [0.05, 0.1) is 17.0 Å². The molecule has 1 aromatic rings. The number of amides is 1. The molecule has 1 fully saturated rings. The Labute approximate surface area is 136 Å². The van der Waals surface area contributed by atoms with E-state index >= 15 is 0 Å². The van der Waals surface area contributed by atoms with Crippen LogP contribution in [-0.4, -0.2) is 55.5 Å². The number of nitro benzene ring substituents is 1. The van der Waals surface area contributed by atoms with Crippen molar-refractivity contribution in [2.45, 2.75) is 6.18 Å². The third-order valence-electron chi connectivity index (χ3n) is 3.75. The second-order valence-corrected chi connectivity index (χ2v) is 5.45. The summed E-state index contributed by atoms with van der Waals surface area (Å²) in [7, 11) is 1.44. The van der Waals surface area contributed by atoms with Crippen LogP contribution < -0.4 is 10.2 Å². The molecule has 0 unspecified atom stereocenters. The number of nitrogens with one attached hydrogen (secondary N) is 1. The zero-order valence-corrected chi connectivity index (χ0v) is 13.0. The van der Waals surface area contributed by atoms with Gasteiger partial charge in [-0.05, 0) is 12.1 Å². The molecule has 10 heteroatoms. The summed E-state index contributed by atoms with van der Waals surface area (Å²) in [5, 5.41) is 14.2. The second-order valence-electron chi connectivity index (χ2n) is 5.45. The number of nitrogens with zero attached hydrogens (tertiary/aromatic N) is 3. The van der Waals surface area contributed by atoms with Crippen LogP contribution in [0.15, 0.2) is 18.2 Å². The highest BCUT2D eigenvalue weighted by molar-refractivity contribution is 5.82. The Morgan fingerprint density at radius 3 is 2.54 bits per heavy atom. The van der Waals surface area contributed by atoms with Crippen LogP contribution in [0.25, 0.3) is 0 Å². The van der Waals surface area contributed by atoms with Gasteiger partial charge in [0.25, 0.3) is 5.69 Å². The lowest BCUT2D eigenvalue weighted by Gasteiger charge is -2.29. The minimum absolute atomic E-state index is 0.0310. The number of hydrogen-bond acceptors (Lipinski definition) is 5.